The SMILES string of the molecule is C=C[N+](C)(O)O[I-]C. The molecular weight excluding hydrogens is 221 g/mol. The Morgan fingerprint density at radius 3 is 2.50 bits per heavy atom. The summed E-state index contributed by atoms with van der Waals surface area (Å²) in [6.45, 7) is 3.37. The molecule has 0 bridgehead atoms. The number of rotatable bonds is 3. The van der Waals surface area contributed by atoms with Gasteiger partial charge in [-0.15, -0.1) is 0 Å². The molecule has 50 valence electrons. The third kappa shape index (κ3) is 3.36. The van der Waals surface area contributed by atoms with Crippen molar-refractivity contribution in [3.05, 3.63) is 12.8 Å². The molecule has 0 amide bonds. The van der Waals surface area contributed by atoms with Crippen LogP contribution >= 0.6 is 0 Å². The topological polar surface area (TPSA) is 29.5 Å². The van der Waals surface area contributed by atoms with E-state index >= 15 is 0 Å². The molecule has 1 N–H and O–H groups in total. The van der Waals surface area contributed by atoms with Crippen LogP contribution in [0.25, 0.3) is 0 Å². The van der Waals surface area contributed by atoms with E-state index < -0.39 is 4.81 Å². The Bertz CT molecular complexity index is 84.1. The average Bonchev–Trinajstić information content (AvgIpc) is 1.67. The first-order valence-electron chi connectivity index (χ1n) is 2.03. The van der Waals surface area contributed by atoms with Crippen molar-refractivity contribution in [3.8, 4) is 0 Å². The van der Waals surface area contributed by atoms with Gasteiger partial charge in [0.1, 0.15) is 0 Å². The Morgan fingerprint density at radius 1 is 1.88 bits per heavy atom. The van der Waals surface area contributed by atoms with Crippen LogP contribution in [0.5, 0.6) is 0 Å². The standard InChI is InChI=1S/C4H10INO2/c1-4-6(3,7)8-5-2/h4,7H,1H2,2-3H3. The van der Waals surface area contributed by atoms with Crippen molar-refractivity contribution >= 4 is 0 Å². The van der Waals surface area contributed by atoms with E-state index in [1.807, 2.05) is 4.93 Å². The second-order valence-corrected chi connectivity index (χ2v) is 2.62. The van der Waals surface area contributed by atoms with Crippen molar-refractivity contribution in [2.75, 3.05) is 12.0 Å². The Balaban J connectivity index is 3.53. The van der Waals surface area contributed by atoms with Gasteiger partial charge >= 0.3 is 59.6 Å². The van der Waals surface area contributed by atoms with Crippen molar-refractivity contribution in [2.45, 2.75) is 0 Å². The average molecular weight is 231 g/mol. The molecule has 3 nitrogen and oxygen atoms in total. The van der Waals surface area contributed by atoms with Gasteiger partial charge in [-0.05, 0) is 0 Å². The van der Waals surface area contributed by atoms with E-state index in [1.54, 1.807) is 0 Å². The van der Waals surface area contributed by atoms with Gasteiger partial charge in [0, 0.05) is 0 Å². The molecule has 1 unspecified atom stereocenters. The fourth-order valence-electron chi connectivity index (χ4n) is 0.168. The Hall–Kier alpha value is 0.350. The van der Waals surface area contributed by atoms with E-state index in [1.165, 1.54) is 13.2 Å². The van der Waals surface area contributed by atoms with Crippen LogP contribution in [0.3, 0.4) is 0 Å². The van der Waals surface area contributed by atoms with Crippen molar-refractivity contribution in [3.63, 3.8) is 0 Å². The molecule has 1 atom stereocenters. The molecule has 0 radical (unpaired) electrons. The molecular formula is C4H10INO2. The minimum absolute atomic E-state index is 0.338. The third-order valence-corrected chi connectivity index (χ3v) is 1.74. The summed E-state index contributed by atoms with van der Waals surface area (Å²) in [6, 6.07) is 0. The van der Waals surface area contributed by atoms with E-state index in [0.717, 1.165) is 0 Å². The summed E-state index contributed by atoms with van der Waals surface area (Å²) in [5.74, 6) is 0. The molecule has 0 saturated carbocycles. The predicted octanol–water partition coefficient (Wildman–Crippen LogP) is -2.47. The maximum atomic E-state index is 8.95. The monoisotopic (exact) mass is 231 g/mol. The van der Waals surface area contributed by atoms with Crippen LogP contribution in [0, 0.1) is 0 Å². The van der Waals surface area contributed by atoms with Crippen LogP contribution in [0.1, 0.15) is 0 Å². The summed E-state index contributed by atoms with van der Waals surface area (Å²) in [5.41, 5.74) is 0. The molecule has 0 aromatic rings. The van der Waals surface area contributed by atoms with E-state index in [-0.39, 0.29) is 21.6 Å². The van der Waals surface area contributed by atoms with E-state index in [4.69, 9.17) is 8.37 Å². The zero-order valence-electron chi connectivity index (χ0n) is 4.97. The molecule has 0 rings (SSSR count). The van der Waals surface area contributed by atoms with Gasteiger partial charge in [-0.25, -0.2) is 0 Å². The molecule has 0 aliphatic rings. The van der Waals surface area contributed by atoms with Crippen LogP contribution < -0.4 is 21.6 Å². The van der Waals surface area contributed by atoms with Crippen LogP contribution in [-0.4, -0.2) is 22.0 Å². The first kappa shape index (κ1) is 8.35. The van der Waals surface area contributed by atoms with Crippen molar-refractivity contribution in [1.82, 2.24) is 0 Å². The first-order valence-corrected chi connectivity index (χ1v) is 5.07. The first-order chi connectivity index (χ1) is 3.62. The van der Waals surface area contributed by atoms with E-state index in [0.29, 0.717) is 0 Å². The summed E-state index contributed by atoms with van der Waals surface area (Å²) in [5, 5.41) is 8.95. The van der Waals surface area contributed by atoms with Crippen molar-refractivity contribution < 1.29 is 34.8 Å². The number of nitrogens with zero attached hydrogens (tertiary/aromatic N) is 1. The van der Waals surface area contributed by atoms with Crippen LogP contribution in [-0.2, 0) is 3.17 Å². The van der Waals surface area contributed by atoms with Crippen molar-refractivity contribution in [2.24, 2.45) is 0 Å². The molecule has 8 heavy (non-hydrogen) atoms. The fraction of sp³-hybridized carbons (Fsp3) is 0.500. The van der Waals surface area contributed by atoms with E-state index in [2.05, 4.69) is 6.58 Å². The molecule has 0 aromatic carbocycles. The molecule has 0 saturated heterocycles. The third-order valence-electron chi connectivity index (χ3n) is 0.547. The normalized spacial score (nSPS) is 17.9. The Morgan fingerprint density at radius 2 is 2.38 bits per heavy atom. The number of hydrogen-bond donors (Lipinski definition) is 1. The number of hydrogen-bond acceptors (Lipinski definition) is 2. The molecule has 0 aromatic heterocycles. The van der Waals surface area contributed by atoms with Gasteiger partial charge in [0.05, 0.1) is 0 Å². The zero-order valence-corrected chi connectivity index (χ0v) is 7.12. The molecule has 0 aliphatic heterocycles. The van der Waals surface area contributed by atoms with Gasteiger partial charge in [-0.3, -0.25) is 0 Å². The van der Waals surface area contributed by atoms with Crippen LogP contribution in [0.4, 0.5) is 0 Å². The molecule has 4 heteroatoms. The van der Waals surface area contributed by atoms with Crippen molar-refractivity contribution in [1.29, 1.82) is 0 Å². The zero-order chi connectivity index (χ0) is 6.62. The van der Waals surface area contributed by atoms with Gasteiger partial charge in [0.15, 0.2) is 0 Å². The number of alkyl halides is 1. The van der Waals surface area contributed by atoms with Crippen LogP contribution in [0.2, 0.25) is 0 Å². The number of quaternary nitrogens is 1. The summed E-state index contributed by atoms with van der Waals surface area (Å²) in [4.78, 5) is 1.39. The second-order valence-electron chi connectivity index (χ2n) is 1.35. The Kier molecular flexibility index (Phi) is 3.54. The van der Waals surface area contributed by atoms with Gasteiger partial charge in [0.2, 0.25) is 0 Å². The van der Waals surface area contributed by atoms with Gasteiger partial charge in [-0.2, -0.15) is 0 Å². The quantitative estimate of drug-likeness (QED) is 0.252. The van der Waals surface area contributed by atoms with Crippen LogP contribution in [0.15, 0.2) is 12.8 Å². The molecule has 0 spiro atoms. The predicted molar refractivity (Wildman–Crippen MR) is 25.2 cm³/mol. The van der Waals surface area contributed by atoms with Gasteiger partial charge in [-0.1, -0.05) is 0 Å². The number of halogens is 1. The second kappa shape index (κ2) is 3.39. The fourth-order valence-corrected chi connectivity index (χ4v) is 1.13. The Labute approximate surface area is 59.9 Å². The summed E-state index contributed by atoms with van der Waals surface area (Å²) >= 11 is -0.338. The summed E-state index contributed by atoms with van der Waals surface area (Å²) in [7, 11) is 1.51. The molecule has 0 heterocycles. The molecule has 0 aliphatic carbocycles. The van der Waals surface area contributed by atoms with Gasteiger partial charge in [0.25, 0.3) is 0 Å². The number of hydroxylamine groups is 4. The van der Waals surface area contributed by atoms with E-state index in [9.17, 15) is 0 Å². The summed E-state index contributed by atoms with van der Waals surface area (Å²) < 4.78 is 4.86. The minimum atomic E-state index is -0.524. The molecule has 0 fully saturated rings. The maximum absolute atomic E-state index is 8.95. The summed E-state index contributed by atoms with van der Waals surface area (Å²) in [6.07, 6.45) is 1.32. The van der Waals surface area contributed by atoms with Gasteiger partial charge < -0.3 is 0 Å².